The lowest BCUT2D eigenvalue weighted by Gasteiger charge is -2.10. The van der Waals surface area contributed by atoms with Crippen molar-refractivity contribution in [3.8, 4) is 11.5 Å². The van der Waals surface area contributed by atoms with E-state index in [1.165, 1.54) is 0 Å². The van der Waals surface area contributed by atoms with Crippen LogP contribution in [0.25, 0.3) is 0 Å². The van der Waals surface area contributed by atoms with Gasteiger partial charge in [-0.2, -0.15) is 0 Å². The number of nitrogens with one attached hydrogen (secondary N) is 2. The molecule has 3 rings (SSSR count). The quantitative estimate of drug-likeness (QED) is 0.559. The molecule has 6 heteroatoms. The number of hydrogen-bond donors (Lipinski definition) is 2. The molecule has 3 aromatic carbocycles. The summed E-state index contributed by atoms with van der Waals surface area (Å²) in [6.07, 6.45) is 0. The van der Waals surface area contributed by atoms with Crippen LogP contribution in [-0.2, 0) is 4.79 Å². The molecule has 0 aliphatic carbocycles. The Morgan fingerprint density at radius 3 is 2.31 bits per heavy atom. The van der Waals surface area contributed by atoms with E-state index >= 15 is 0 Å². The van der Waals surface area contributed by atoms with Crippen molar-refractivity contribution in [1.29, 1.82) is 0 Å². The third kappa shape index (κ3) is 5.15. The number of carbonyl (C=O) groups is 1. The Hall–Kier alpha value is -2.69. The van der Waals surface area contributed by atoms with E-state index in [4.69, 9.17) is 27.9 Å². The van der Waals surface area contributed by atoms with Crippen molar-refractivity contribution in [3.63, 3.8) is 0 Å². The maximum atomic E-state index is 12.1. The Balaban J connectivity index is 1.53. The van der Waals surface area contributed by atoms with E-state index in [1.54, 1.807) is 42.5 Å². The van der Waals surface area contributed by atoms with Gasteiger partial charge >= 0.3 is 0 Å². The third-order valence-electron chi connectivity index (χ3n) is 3.48. The van der Waals surface area contributed by atoms with Crippen molar-refractivity contribution in [3.05, 3.63) is 82.8 Å². The average Bonchev–Trinajstić information content (AvgIpc) is 2.65. The highest BCUT2D eigenvalue weighted by Crippen LogP contribution is 2.25. The Bertz CT molecular complexity index is 884. The van der Waals surface area contributed by atoms with Crippen LogP contribution in [0.3, 0.4) is 0 Å². The standard InChI is InChI=1S/C20H16Cl2N2O2/c21-14-6-11-18(22)19(12-14)23-13-20(25)24-15-7-9-17(10-8-15)26-16-4-2-1-3-5-16/h1-12,23H,13H2,(H,24,25). The minimum Gasteiger partial charge on any atom is -0.457 e. The monoisotopic (exact) mass is 386 g/mol. The molecule has 0 atom stereocenters. The summed E-state index contributed by atoms with van der Waals surface area (Å²) in [5, 5.41) is 6.82. The van der Waals surface area contributed by atoms with E-state index in [0.29, 0.717) is 27.2 Å². The minimum atomic E-state index is -0.197. The van der Waals surface area contributed by atoms with Gasteiger partial charge in [-0.1, -0.05) is 41.4 Å². The topological polar surface area (TPSA) is 50.4 Å². The van der Waals surface area contributed by atoms with Gasteiger partial charge in [0, 0.05) is 10.7 Å². The summed E-state index contributed by atoms with van der Waals surface area (Å²) in [5.74, 6) is 1.25. The lowest BCUT2D eigenvalue weighted by Crippen LogP contribution is -2.21. The summed E-state index contributed by atoms with van der Waals surface area (Å²) in [4.78, 5) is 12.1. The lowest BCUT2D eigenvalue weighted by atomic mass is 10.3. The summed E-state index contributed by atoms with van der Waals surface area (Å²) >= 11 is 12.0. The SMILES string of the molecule is O=C(CNc1cc(Cl)ccc1Cl)Nc1ccc(Oc2ccccc2)cc1. The molecule has 0 spiro atoms. The van der Waals surface area contributed by atoms with Crippen LogP contribution in [0.15, 0.2) is 72.8 Å². The molecule has 0 saturated heterocycles. The smallest absolute Gasteiger partial charge is 0.243 e. The van der Waals surface area contributed by atoms with Gasteiger partial charge in [0.05, 0.1) is 17.3 Å². The summed E-state index contributed by atoms with van der Waals surface area (Å²) in [5.41, 5.74) is 1.29. The molecule has 1 amide bonds. The predicted octanol–water partition coefficient (Wildman–Crippen LogP) is 5.84. The molecule has 4 nitrogen and oxygen atoms in total. The molecule has 0 saturated carbocycles. The largest absolute Gasteiger partial charge is 0.457 e. The Labute approximate surface area is 161 Å². The second kappa shape index (κ2) is 8.61. The number of para-hydroxylation sites is 1. The Morgan fingerprint density at radius 2 is 1.58 bits per heavy atom. The zero-order valence-corrected chi connectivity index (χ0v) is 15.2. The van der Waals surface area contributed by atoms with Crippen molar-refractivity contribution in [1.82, 2.24) is 0 Å². The van der Waals surface area contributed by atoms with E-state index in [1.807, 2.05) is 30.3 Å². The van der Waals surface area contributed by atoms with Gasteiger partial charge in [0.2, 0.25) is 5.91 Å². The summed E-state index contributed by atoms with van der Waals surface area (Å²) in [6, 6.07) is 21.7. The maximum Gasteiger partial charge on any atom is 0.243 e. The first-order valence-corrected chi connectivity index (χ1v) is 8.67. The minimum absolute atomic E-state index is 0.0718. The second-order valence-corrected chi connectivity index (χ2v) is 6.31. The first-order valence-electron chi connectivity index (χ1n) is 7.92. The van der Waals surface area contributed by atoms with Crippen molar-refractivity contribution in [2.24, 2.45) is 0 Å². The highest BCUT2D eigenvalue weighted by atomic mass is 35.5. The van der Waals surface area contributed by atoms with Crippen molar-refractivity contribution in [2.45, 2.75) is 0 Å². The van der Waals surface area contributed by atoms with Crippen LogP contribution in [0, 0.1) is 0 Å². The van der Waals surface area contributed by atoms with Gasteiger partial charge in [-0.3, -0.25) is 4.79 Å². The van der Waals surface area contributed by atoms with Gasteiger partial charge in [-0.25, -0.2) is 0 Å². The van der Waals surface area contributed by atoms with Gasteiger partial charge in [-0.05, 0) is 54.6 Å². The molecule has 26 heavy (non-hydrogen) atoms. The van der Waals surface area contributed by atoms with Gasteiger partial charge in [-0.15, -0.1) is 0 Å². The van der Waals surface area contributed by atoms with Crippen LogP contribution >= 0.6 is 23.2 Å². The first-order chi connectivity index (χ1) is 12.6. The fourth-order valence-electron chi connectivity index (χ4n) is 2.24. The lowest BCUT2D eigenvalue weighted by molar-refractivity contribution is -0.114. The number of carbonyl (C=O) groups excluding carboxylic acids is 1. The summed E-state index contributed by atoms with van der Waals surface area (Å²) in [7, 11) is 0. The van der Waals surface area contributed by atoms with E-state index in [-0.39, 0.29) is 12.5 Å². The predicted molar refractivity (Wildman–Crippen MR) is 107 cm³/mol. The molecule has 0 aromatic heterocycles. The molecular formula is C20H16Cl2N2O2. The number of rotatable bonds is 6. The third-order valence-corrected chi connectivity index (χ3v) is 4.05. The average molecular weight is 387 g/mol. The molecule has 2 N–H and O–H groups in total. The van der Waals surface area contributed by atoms with Crippen molar-refractivity contribution < 1.29 is 9.53 Å². The molecule has 0 heterocycles. The van der Waals surface area contributed by atoms with Crippen molar-refractivity contribution >= 4 is 40.5 Å². The summed E-state index contributed by atoms with van der Waals surface area (Å²) in [6.45, 7) is 0.0718. The number of hydrogen-bond acceptors (Lipinski definition) is 3. The number of amides is 1. The molecule has 0 fully saturated rings. The maximum absolute atomic E-state index is 12.1. The van der Waals surface area contributed by atoms with Gasteiger partial charge in [0.15, 0.2) is 0 Å². The molecule has 132 valence electrons. The van der Waals surface area contributed by atoms with Gasteiger partial charge in [0.25, 0.3) is 0 Å². The summed E-state index contributed by atoms with van der Waals surface area (Å²) < 4.78 is 5.72. The van der Waals surface area contributed by atoms with Crippen molar-refractivity contribution in [2.75, 3.05) is 17.2 Å². The van der Waals surface area contributed by atoms with E-state index in [0.717, 1.165) is 5.75 Å². The fraction of sp³-hybridized carbons (Fsp3) is 0.0500. The second-order valence-electron chi connectivity index (χ2n) is 5.47. The van der Waals surface area contributed by atoms with Crippen LogP contribution in [-0.4, -0.2) is 12.5 Å². The van der Waals surface area contributed by atoms with E-state index in [2.05, 4.69) is 10.6 Å². The normalized spacial score (nSPS) is 10.2. The fourth-order valence-corrected chi connectivity index (χ4v) is 2.60. The number of anilines is 2. The Kier molecular flexibility index (Phi) is 6.00. The Morgan fingerprint density at radius 1 is 0.885 bits per heavy atom. The molecule has 0 aliphatic rings. The van der Waals surface area contributed by atoms with Crippen LogP contribution in [0.1, 0.15) is 0 Å². The van der Waals surface area contributed by atoms with Crippen LogP contribution in [0.5, 0.6) is 11.5 Å². The molecule has 0 aliphatic heterocycles. The zero-order valence-electron chi connectivity index (χ0n) is 13.7. The van der Waals surface area contributed by atoms with Gasteiger partial charge < -0.3 is 15.4 Å². The zero-order chi connectivity index (χ0) is 18.4. The van der Waals surface area contributed by atoms with E-state index in [9.17, 15) is 4.79 Å². The first kappa shape index (κ1) is 18.1. The molecule has 3 aromatic rings. The highest BCUT2D eigenvalue weighted by molar-refractivity contribution is 6.35. The molecular weight excluding hydrogens is 371 g/mol. The molecule has 0 radical (unpaired) electrons. The molecule has 0 unspecified atom stereocenters. The van der Waals surface area contributed by atoms with Crippen LogP contribution in [0.2, 0.25) is 10.0 Å². The van der Waals surface area contributed by atoms with Crippen LogP contribution < -0.4 is 15.4 Å². The molecule has 0 bridgehead atoms. The highest BCUT2D eigenvalue weighted by Gasteiger charge is 2.06. The number of benzene rings is 3. The van der Waals surface area contributed by atoms with E-state index < -0.39 is 0 Å². The van der Waals surface area contributed by atoms with Crippen LogP contribution in [0.4, 0.5) is 11.4 Å². The number of ether oxygens (including phenoxy) is 1. The van der Waals surface area contributed by atoms with Gasteiger partial charge in [0.1, 0.15) is 11.5 Å². The number of halogens is 2.